The van der Waals surface area contributed by atoms with Gasteiger partial charge >= 0.3 is 0 Å². The number of hydrogen-bond donors (Lipinski definition) is 1. The van der Waals surface area contributed by atoms with Crippen molar-refractivity contribution in [2.45, 2.75) is 57.6 Å². The van der Waals surface area contributed by atoms with Crippen molar-refractivity contribution in [3.8, 4) is 5.75 Å². The Balaban J connectivity index is 2.04. The van der Waals surface area contributed by atoms with Crippen LogP contribution >= 0.6 is 0 Å². The SMILES string of the molecule is COc1cccc(CC(O)C(C)(C)N2CCCCCC2)c1. The predicted octanol–water partition coefficient (Wildman–Crippen LogP) is 3.25. The first-order chi connectivity index (χ1) is 10.0. The molecule has 1 fully saturated rings. The number of likely N-dealkylation sites (tertiary alicyclic amines) is 1. The molecule has 0 aromatic heterocycles. The van der Waals surface area contributed by atoms with Crippen molar-refractivity contribution in [1.82, 2.24) is 4.90 Å². The fourth-order valence-electron chi connectivity index (χ4n) is 3.13. The molecule has 1 aromatic rings. The van der Waals surface area contributed by atoms with Crippen LogP contribution < -0.4 is 4.74 Å². The van der Waals surface area contributed by atoms with Crippen LogP contribution in [0.1, 0.15) is 45.1 Å². The highest BCUT2D eigenvalue weighted by molar-refractivity contribution is 5.29. The van der Waals surface area contributed by atoms with Gasteiger partial charge in [-0.1, -0.05) is 25.0 Å². The zero-order valence-electron chi connectivity index (χ0n) is 13.6. The van der Waals surface area contributed by atoms with Gasteiger partial charge in [0.05, 0.1) is 13.2 Å². The maximum Gasteiger partial charge on any atom is 0.119 e. The molecule has 0 amide bonds. The highest BCUT2D eigenvalue weighted by Gasteiger charge is 2.34. The maximum absolute atomic E-state index is 10.8. The number of benzene rings is 1. The second kappa shape index (κ2) is 7.28. The van der Waals surface area contributed by atoms with E-state index in [-0.39, 0.29) is 11.6 Å². The summed E-state index contributed by atoms with van der Waals surface area (Å²) < 4.78 is 5.26. The van der Waals surface area contributed by atoms with E-state index in [1.807, 2.05) is 18.2 Å². The Morgan fingerprint density at radius 1 is 1.19 bits per heavy atom. The standard InChI is InChI=1S/C18H29NO2/c1-18(2,19-11-6-4-5-7-12-19)17(20)14-15-9-8-10-16(13-15)21-3/h8-10,13,17,20H,4-7,11-12,14H2,1-3H3. The number of methoxy groups -OCH3 is 1. The van der Waals surface area contributed by atoms with Gasteiger partial charge in [0.25, 0.3) is 0 Å². The molecule has 1 atom stereocenters. The molecule has 1 aliphatic heterocycles. The Morgan fingerprint density at radius 3 is 2.48 bits per heavy atom. The molecule has 0 aliphatic carbocycles. The fraction of sp³-hybridized carbons (Fsp3) is 0.667. The van der Waals surface area contributed by atoms with Crippen molar-refractivity contribution >= 4 is 0 Å². The molecule has 1 saturated heterocycles. The van der Waals surface area contributed by atoms with E-state index >= 15 is 0 Å². The maximum atomic E-state index is 10.8. The predicted molar refractivity (Wildman–Crippen MR) is 86.8 cm³/mol. The summed E-state index contributed by atoms with van der Waals surface area (Å²) in [6, 6.07) is 8.00. The van der Waals surface area contributed by atoms with Gasteiger partial charge in [-0.15, -0.1) is 0 Å². The van der Waals surface area contributed by atoms with Gasteiger partial charge in [-0.3, -0.25) is 4.90 Å². The molecule has 0 saturated carbocycles. The lowest BCUT2D eigenvalue weighted by molar-refractivity contribution is -0.00787. The molecule has 21 heavy (non-hydrogen) atoms. The molecule has 1 heterocycles. The van der Waals surface area contributed by atoms with Crippen molar-refractivity contribution < 1.29 is 9.84 Å². The lowest BCUT2D eigenvalue weighted by atomic mass is 9.89. The van der Waals surface area contributed by atoms with E-state index in [9.17, 15) is 5.11 Å². The van der Waals surface area contributed by atoms with E-state index in [2.05, 4.69) is 24.8 Å². The molecule has 1 aromatic carbocycles. The normalized spacial score (nSPS) is 19.0. The molecule has 1 unspecified atom stereocenters. The van der Waals surface area contributed by atoms with Crippen LogP contribution in [-0.2, 0) is 6.42 Å². The van der Waals surface area contributed by atoms with Crippen LogP contribution in [0.5, 0.6) is 5.75 Å². The van der Waals surface area contributed by atoms with E-state index in [0.29, 0.717) is 6.42 Å². The molecule has 1 aliphatic rings. The fourth-order valence-corrected chi connectivity index (χ4v) is 3.13. The summed E-state index contributed by atoms with van der Waals surface area (Å²) in [6.07, 6.45) is 5.42. The quantitative estimate of drug-likeness (QED) is 0.904. The lowest BCUT2D eigenvalue weighted by Gasteiger charge is -2.41. The number of hydrogen-bond acceptors (Lipinski definition) is 3. The van der Waals surface area contributed by atoms with Crippen LogP contribution in [0.2, 0.25) is 0 Å². The minimum atomic E-state index is -0.372. The number of ether oxygens (including phenoxy) is 1. The first-order valence-electron chi connectivity index (χ1n) is 8.10. The van der Waals surface area contributed by atoms with Gasteiger partial charge in [-0.05, 0) is 57.5 Å². The van der Waals surface area contributed by atoms with E-state index in [1.54, 1.807) is 7.11 Å². The summed E-state index contributed by atoms with van der Waals surface area (Å²) in [6.45, 7) is 6.54. The Bertz CT molecular complexity index is 437. The van der Waals surface area contributed by atoms with Crippen molar-refractivity contribution in [1.29, 1.82) is 0 Å². The molecule has 0 bridgehead atoms. The van der Waals surface area contributed by atoms with E-state index < -0.39 is 0 Å². The second-order valence-electron chi connectivity index (χ2n) is 6.63. The summed E-state index contributed by atoms with van der Waals surface area (Å²) in [5, 5.41) is 10.8. The van der Waals surface area contributed by atoms with Gasteiger partial charge in [-0.2, -0.15) is 0 Å². The average Bonchev–Trinajstić information content (AvgIpc) is 2.77. The van der Waals surface area contributed by atoms with Crippen molar-refractivity contribution in [3.05, 3.63) is 29.8 Å². The van der Waals surface area contributed by atoms with Crippen molar-refractivity contribution in [2.75, 3.05) is 20.2 Å². The van der Waals surface area contributed by atoms with Crippen molar-refractivity contribution in [2.24, 2.45) is 0 Å². The Morgan fingerprint density at radius 2 is 1.86 bits per heavy atom. The monoisotopic (exact) mass is 291 g/mol. The van der Waals surface area contributed by atoms with Crippen molar-refractivity contribution in [3.63, 3.8) is 0 Å². The van der Waals surface area contributed by atoms with Gasteiger partial charge < -0.3 is 9.84 Å². The highest BCUT2D eigenvalue weighted by atomic mass is 16.5. The van der Waals surface area contributed by atoms with Crippen LogP contribution in [0.4, 0.5) is 0 Å². The van der Waals surface area contributed by atoms with Crippen LogP contribution in [-0.4, -0.2) is 41.8 Å². The summed E-state index contributed by atoms with van der Waals surface area (Å²) >= 11 is 0. The number of aliphatic hydroxyl groups is 1. The molecule has 3 nitrogen and oxygen atoms in total. The number of nitrogens with zero attached hydrogens (tertiary/aromatic N) is 1. The topological polar surface area (TPSA) is 32.7 Å². The Kier molecular flexibility index (Phi) is 5.65. The third kappa shape index (κ3) is 4.21. The van der Waals surface area contributed by atoms with Gasteiger partial charge in [-0.25, -0.2) is 0 Å². The first kappa shape index (κ1) is 16.3. The lowest BCUT2D eigenvalue weighted by Crippen LogP contribution is -2.53. The molecule has 2 rings (SSSR count). The highest BCUT2D eigenvalue weighted by Crippen LogP contribution is 2.26. The molecule has 0 radical (unpaired) electrons. The van der Waals surface area contributed by atoms with Crippen LogP contribution in [0.25, 0.3) is 0 Å². The molecular weight excluding hydrogens is 262 g/mol. The van der Waals surface area contributed by atoms with E-state index in [0.717, 1.165) is 24.4 Å². The number of rotatable bonds is 5. The van der Waals surface area contributed by atoms with E-state index in [1.165, 1.54) is 25.7 Å². The van der Waals surface area contributed by atoms with Crippen LogP contribution in [0, 0.1) is 0 Å². The minimum Gasteiger partial charge on any atom is -0.497 e. The third-order valence-electron chi connectivity index (χ3n) is 4.80. The van der Waals surface area contributed by atoms with E-state index in [4.69, 9.17) is 4.74 Å². The van der Waals surface area contributed by atoms with Gasteiger partial charge in [0.1, 0.15) is 5.75 Å². The molecule has 0 spiro atoms. The first-order valence-corrected chi connectivity index (χ1v) is 8.10. The molecule has 1 N–H and O–H groups in total. The number of aliphatic hydroxyl groups excluding tert-OH is 1. The Hall–Kier alpha value is -1.06. The third-order valence-corrected chi connectivity index (χ3v) is 4.80. The van der Waals surface area contributed by atoms with Gasteiger partial charge in [0, 0.05) is 12.0 Å². The minimum absolute atomic E-state index is 0.187. The smallest absolute Gasteiger partial charge is 0.119 e. The Labute approximate surface area is 128 Å². The molecule has 3 heteroatoms. The zero-order valence-corrected chi connectivity index (χ0v) is 13.6. The summed E-state index contributed by atoms with van der Waals surface area (Å²) in [7, 11) is 1.68. The van der Waals surface area contributed by atoms with Crippen LogP contribution in [0.15, 0.2) is 24.3 Å². The second-order valence-corrected chi connectivity index (χ2v) is 6.63. The summed E-state index contributed by atoms with van der Waals surface area (Å²) in [5.41, 5.74) is 0.942. The summed E-state index contributed by atoms with van der Waals surface area (Å²) in [5.74, 6) is 0.854. The van der Waals surface area contributed by atoms with Gasteiger partial charge in [0.2, 0.25) is 0 Å². The zero-order chi connectivity index (χ0) is 15.3. The van der Waals surface area contributed by atoms with Crippen LogP contribution in [0.3, 0.4) is 0 Å². The molecular formula is C18H29NO2. The average molecular weight is 291 g/mol. The van der Waals surface area contributed by atoms with Gasteiger partial charge in [0.15, 0.2) is 0 Å². The summed E-state index contributed by atoms with van der Waals surface area (Å²) in [4.78, 5) is 2.46. The molecule has 118 valence electrons. The largest absolute Gasteiger partial charge is 0.497 e.